The number of amides is 1. The van der Waals surface area contributed by atoms with Gasteiger partial charge in [-0.3, -0.25) is 4.79 Å². The van der Waals surface area contributed by atoms with E-state index in [0.29, 0.717) is 32.1 Å². The summed E-state index contributed by atoms with van der Waals surface area (Å²) >= 11 is 9.18. The molecule has 2 aromatic rings. The van der Waals surface area contributed by atoms with Crippen molar-refractivity contribution in [2.75, 3.05) is 7.11 Å². The highest BCUT2D eigenvalue weighted by molar-refractivity contribution is 9.10. The van der Waals surface area contributed by atoms with Crippen molar-refractivity contribution in [2.45, 2.75) is 13.5 Å². The Labute approximate surface area is 140 Å². The number of benzene rings is 1. The number of nitrogens with one attached hydrogen (secondary N) is 1. The van der Waals surface area contributed by atoms with Crippen LogP contribution < -0.4 is 5.32 Å². The summed E-state index contributed by atoms with van der Waals surface area (Å²) in [7, 11) is 1.30. The quantitative estimate of drug-likeness (QED) is 0.813. The highest BCUT2D eigenvalue weighted by Crippen LogP contribution is 2.21. The Morgan fingerprint density at radius 3 is 2.73 bits per heavy atom. The first-order valence-corrected chi connectivity index (χ1v) is 7.50. The molecule has 0 aliphatic carbocycles. The van der Waals surface area contributed by atoms with E-state index in [0.717, 1.165) is 0 Å². The first-order valence-electron chi connectivity index (χ1n) is 6.33. The van der Waals surface area contributed by atoms with E-state index < -0.39 is 5.97 Å². The molecule has 0 aliphatic rings. The van der Waals surface area contributed by atoms with Crippen molar-refractivity contribution < 1.29 is 18.7 Å². The third-order valence-electron chi connectivity index (χ3n) is 2.97. The van der Waals surface area contributed by atoms with Crippen molar-refractivity contribution in [3.05, 3.63) is 56.4 Å². The molecule has 1 aromatic carbocycles. The number of ether oxygens (including phenoxy) is 1. The Morgan fingerprint density at radius 2 is 2.05 bits per heavy atom. The number of esters is 1. The van der Waals surface area contributed by atoms with E-state index in [1.54, 1.807) is 31.2 Å². The SMILES string of the molecule is COC(=O)c1cc(CNC(=O)c2cc(Cl)ccc2Br)oc1C. The number of methoxy groups -OCH3 is 1. The molecule has 1 heterocycles. The van der Waals surface area contributed by atoms with Crippen LogP contribution in [-0.4, -0.2) is 19.0 Å². The average Bonchev–Trinajstić information content (AvgIpc) is 2.87. The van der Waals surface area contributed by atoms with Crippen molar-refractivity contribution in [3.8, 4) is 0 Å². The summed E-state index contributed by atoms with van der Waals surface area (Å²) in [6, 6.07) is 6.49. The normalized spacial score (nSPS) is 10.4. The second-order valence-corrected chi connectivity index (χ2v) is 5.77. The van der Waals surface area contributed by atoms with Crippen molar-refractivity contribution >= 4 is 39.4 Å². The summed E-state index contributed by atoms with van der Waals surface area (Å²) in [4.78, 5) is 23.6. The lowest BCUT2D eigenvalue weighted by Crippen LogP contribution is -2.23. The first-order chi connectivity index (χ1) is 10.4. The molecule has 1 amide bonds. The summed E-state index contributed by atoms with van der Waals surface area (Å²) in [6.45, 7) is 1.81. The molecule has 0 fully saturated rings. The van der Waals surface area contributed by atoms with Crippen LogP contribution in [0.3, 0.4) is 0 Å². The topological polar surface area (TPSA) is 68.5 Å². The molecule has 0 bridgehead atoms. The van der Waals surface area contributed by atoms with E-state index in [-0.39, 0.29) is 12.5 Å². The van der Waals surface area contributed by atoms with Crippen LogP contribution in [0.2, 0.25) is 5.02 Å². The Balaban J connectivity index is 2.08. The lowest BCUT2D eigenvalue weighted by atomic mass is 10.2. The van der Waals surface area contributed by atoms with Gasteiger partial charge in [0.25, 0.3) is 5.91 Å². The zero-order chi connectivity index (χ0) is 16.3. The molecule has 7 heteroatoms. The highest BCUT2D eigenvalue weighted by Gasteiger charge is 2.16. The van der Waals surface area contributed by atoms with E-state index in [2.05, 4.69) is 26.0 Å². The zero-order valence-corrected chi connectivity index (χ0v) is 14.2. The summed E-state index contributed by atoms with van der Waals surface area (Å²) in [6.07, 6.45) is 0. The summed E-state index contributed by atoms with van der Waals surface area (Å²) < 4.78 is 10.7. The van der Waals surface area contributed by atoms with E-state index in [1.165, 1.54) is 7.11 Å². The molecule has 2 rings (SSSR count). The monoisotopic (exact) mass is 385 g/mol. The fraction of sp³-hybridized carbons (Fsp3) is 0.200. The molecule has 0 aliphatic heterocycles. The number of carbonyl (C=O) groups excluding carboxylic acids is 2. The average molecular weight is 387 g/mol. The molecule has 5 nitrogen and oxygen atoms in total. The van der Waals surface area contributed by atoms with Crippen molar-refractivity contribution in [3.63, 3.8) is 0 Å². The minimum Gasteiger partial charge on any atom is -0.465 e. The fourth-order valence-electron chi connectivity index (χ4n) is 1.88. The highest BCUT2D eigenvalue weighted by atomic mass is 79.9. The first kappa shape index (κ1) is 16.6. The molecule has 116 valence electrons. The second-order valence-electron chi connectivity index (χ2n) is 4.48. The Morgan fingerprint density at radius 1 is 1.32 bits per heavy atom. The predicted molar refractivity (Wildman–Crippen MR) is 85.1 cm³/mol. The number of halogens is 2. The molecule has 0 radical (unpaired) electrons. The molecule has 0 saturated heterocycles. The number of hydrogen-bond donors (Lipinski definition) is 1. The lowest BCUT2D eigenvalue weighted by Gasteiger charge is -2.06. The Bertz CT molecular complexity index is 726. The number of rotatable bonds is 4. The number of carbonyl (C=O) groups is 2. The van der Waals surface area contributed by atoms with Crippen LogP contribution in [-0.2, 0) is 11.3 Å². The van der Waals surface area contributed by atoms with Crippen LogP contribution in [0.4, 0.5) is 0 Å². The minimum absolute atomic E-state index is 0.148. The van der Waals surface area contributed by atoms with Gasteiger partial charge in [-0.15, -0.1) is 0 Å². The maximum Gasteiger partial charge on any atom is 0.341 e. The zero-order valence-electron chi connectivity index (χ0n) is 11.9. The maximum absolute atomic E-state index is 12.1. The van der Waals surface area contributed by atoms with Crippen molar-refractivity contribution in [1.29, 1.82) is 0 Å². The summed E-state index contributed by atoms with van der Waals surface area (Å²) in [5.41, 5.74) is 0.764. The van der Waals surface area contributed by atoms with Crippen LogP contribution in [0, 0.1) is 6.92 Å². The van der Waals surface area contributed by atoms with Gasteiger partial charge in [-0.05, 0) is 47.1 Å². The Kier molecular flexibility index (Phi) is 5.26. The van der Waals surface area contributed by atoms with Gasteiger partial charge in [-0.25, -0.2) is 4.79 Å². The minimum atomic E-state index is -0.476. The van der Waals surface area contributed by atoms with Gasteiger partial charge in [0.15, 0.2) is 0 Å². The smallest absolute Gasteiger partial charge is 0.341 e. The van der Waals surface area contributed by atoms with Gasteiger partial charge >= 0.3 is 5.97 Å². The fourth-order valence-corrected chi connectivity index (χ4v) is 2.48. The van der Waals surface area contributed by atoms with Crippen LogP contribution >= 0.6 is 27.5 Å². The number of hydrogen-bond acceptors (Lipinski definition) is 4. The van der Waals surface area contributed by atoms with Crippen LogP contribution in [0.25, 0.3) is 0 Å². The lowest BCUT2D eigenvalue weighted by molar-refractivity contribution is 0.0598. The summed E-state index contributed by atoms with van der Waals surface area (Å²) in [5.74, 6) is 0.129. The van der Waals surface area contributed by atoms with E-state index in [1.807, 2.05) is 0 Å². The molecule has 0 atom stereocenters. The second kappa shape index (κ2) is 6.98. The van der Waals surface area contributed by atoms with Gasteiger partial charge in [-0.2, -0.15) is 0 Å². The molecule has 1 aromatic heterocycles. The summed E-state index contributed by atoms with van der Waals surface area (Å²) in [5, 5.41) is 3.18. The van der Waals surface area contributed by atoms with Crippen molar-refractivity contribution in [1.82, 2.24) is 5.32 Å². The van der Waals surface area contributed by atoms with Crippen LogP contribution in [0.15, 0.2) is 33.2 Å². The molecular weight excluding hydrogens is 374 g/mol. The predicted octanol–water partition coefficient (Wildman–Crippen LogP) is 3.72. The van der Waals surface area contributed by atoms with Crippen molar-refractivity contribution in [2.24, 2.45) is 0 Å². The standard InChI is InChI=1S/C15H13BrClNO4/c1-8-11(15(20)21-2)6-10(22-8)7-18-14(19)12-5-9(17)3-4-13(12)16/h3-6H,7H2,1-2H3,(H,18,19). The van der Waals surface area contributed by atoms with Gasteiger partial charge in [0, 0.05) is 9.50 Å². The molecule has 1 N–H and O–H groups in total. The van der Waals surface area contributed by atoms with E-state index in [9.17, 15) is 9.59 Å². The molecular formula is C15H13BrClNO4. The largest absolute Gasteiger partial charge is 0.465 e. The number of furan rings is 1. The van der Waals surface area contributed by atoms with Crippen LogP contribution in [0.1, 0.15) is 32.2 Å². The third-order valence-corrected chi connectivity index (χ3v) is 3.90. The van der Waals surface area contributed by atoms with Gasteiger partial charge in [-0.1, -0.05) is 11.6 Å². The molecule has 0 saturated carbocycles. The third kappa shape index (κ3) is 3.69. The number of aryl methyl sites for hydroxylation is 1. The van der Waals surface area contributed by atoms with E-state index in [4.69, 9.17) is 16.0 Å². The molecule has 0 spiro atoms. The van der Waals surface area contributed by atoms with Crippen LogP contribution in [0.5, 0.6) is 0 Å². The maximum atomic E-state index is 12.1. The molecule has 22 heavy (non-hydrogen) atoms. The van der Waals surface area contributed by atoms with E-state index >= 15 is 0 Å². The van der Waals surface area contributed by atoms with Gasteiger partial charge in [0.1, 0.15) is 17.1 Å². The van der Waals surface area contributed by atoms with Gasteiger partial charge < -0.3 is 14.5 Å². The van der Waals surface area contributed by atoms with Gasteiger partial charge in [0.05, 0.1) is 19.2 Å². The Hall–Kier alpha value is -1.79. The molecule has 0 unspecified atom stereocenters. The van der Waals surface area contributed by atoms with Gasteiger partial charge in [0.2, 0.25) is 0 Å².